The highest BCUT2D eigenvalue weighted by Gasteiger charge is 2.50. The third kappa shape index (κ3) is 2.89. The van der Waals surface area contributed by atoms with Gasteiger partial charge in [0.05, 0.1) is 11.9 Å². The van der Waals surface area contributed by atoms with Gasteiger partial charge >= 0.3 is 0 Å². The van der Waals surface area contributed by atoms with E-state index in [2.05, 4.69) is 14.9 Å². The van der Waals surface area contributed by atoms with Crippen molar-refractivity contribution < 1.29 is 9.18 Å². The lowest BCUT2D eigenvalue weighted by Gasteiger charge is -2.38. The molecule has 1 aromatic carbocycles. The van der Waals surface area contributed by atoms with E-state index in [1.807, 2.05) is 0 Å². The summed E-state index contributed by atoms with van der Waals surface area (Å²) < 4.78 is 13.2. The Labute approximate surface area is 141 Å². The average molecular weight is 328 g/mol. The van der Waals surface area contributed by atoms with Gasteiger partial charge in [0.2, 0.25) is 5.91 Å². The molecule has 1 fully saturated rings. The first-order valence-electron chi connectivity index (χ1n) is 8.02. The zero-order valence-electron chi connectivity index (χ0n) is 13.9. The molecule has 1 saturated heterocycles. The quantitative estimate of drug-likeness (QED) is 0.863. The van der Waals surface area contributed by atoms with Crippen LogP contribution in [0.2, 0.25) is 0 Å². The van der Waals surface area contributed by atoms with Crippen LogP contribution in [0.25, 0.3) is 0 Å². The van der Waals surface area contributed by atoms with Gasteiger partial charge in [-0.1, -0.05) is 12.1 Å². The van der Waals surface area contributed by atoms with Crippen molar-refractivity contribution in [3.63, 3.8) is 0 Å². The molecule has 24 heavy (non-hydrogen) atoms. The summed E-state index contributed by atoms with van der Waals surface area (Å²) >= 11 is 0. The topological polar surface area (TPSA) is 49.3 Å². The lowest BCUT2D eigenvalue weighted by molar-refractivity contribution is -0.141. The summed E-state index contributed by atoms with van der Waals surface area (Å²) in [6.45, 7) is 1.35. The van der Waals surface area contributed by atoms with Crippen LogP contribution in [0.5, 0.6) is 0 Å². The van der Waals surface area contributed by atoms with Gasteiger partial charge in [0, 0.05) is 33.0 Å². The van der Waals surface area contributed by atoms with Crippen molar-refractivity contribution in [2.45, 2.75) is 24.9 Å². The molecular formula is C18H21FN4O. The van der Waals surface area contributed by atoms with E-state index in [4.69, 9.17) is 0 Å². The highest BCUT2D eigenvalue weighted by molar-refractivity contribution is 5.87. The van der Waals surface area contributed by atoms with Crippen LogP contribution < -0.4 is 0 Å². The average Bonchev–Trinajstić information content (AvgIpc) is 3.01. The zero-order valence-corrected chi connectivity index (χ0v) is 13.9. The van der Waals surface area contributed by atoms with E-state index in [9.17, 15) is 9.18 Å². The maximum atomic E-state index is 13.2. The fraction of sp³-hybridized carbons (Fsp3) is 0.389. The summed E-state index contributed by atoms with van der Waals surface area (Å²) in [5.41, 5.74) is 0.827. The second-order valence-corrected chi connectivity index (χ2v) is 6.30. The van der Waals surface area contributed by atoms with E-state index in [1.54, 1.807) is 49.7 Å². The summed E-state index contributed by atoms with van der Waals surface area (Å²) in [5, 5.41) is 0. The highest BCUT2D eigenvalue weighted by atomic mass is 19.1. The predicted molar refractivity (Wildman–Crippen MR) is 88.4 cm³/mol. The molecule has 1 amide bonds. The Kier molecular flexibility index (Phi) is 4.57. The Hall–Kier alpha value is -2.34. The molecule has 0 bridgehead atoms. The van der Waals surface area contributed by atoms with Crippen molar-refractivity contribution in [2.75, 3.05) is 20.6 Å². The Bertz CT molecular complexity index is 705. The van der Waals surface area contributed by atoms with Gasteiger partial charge in [-0.2, -0.15) is 0 Å². The third-order valence-corrected chi connectivity index (χ3v) is 4.54. The number of carbonyl (C=O) groups is 1. The summed E-state index contributed by atoms with van der Waals surface area (Å²) in [6.07, 6.45) is 6.50. The smallest absolute Gasteiger partial charge is 0.248 e. The van der Waals surface area contributed by atoms with Crippen LogP contribution in [0, 0.1) is 5.82 Å². The van der Waals surface area contributed by atoms with E-state index in [0.29, 0.717) is 18.7 Å². The summed E-state index contributed by atoms with van der Waals surface area (Å²) in [6, 6.07) is 6.41. The van der Waals surface area contributed by atoms with E-state index in [0.717, 1.165) is 18.5 Å². The Morgan fingerprint density at radius 3 is 2.67 bits per heavy atom. The number of likely N-dealkylation sites (tertiary alicyclic amines) is 1. The summed E-state index contributed by atoms with van der Waals surface area (Å²) in [5.74, 6) is -0.257. The van der Waals surface area contributed by atoms with Gasteiger partial charge in [-0.05, 0) is 37.1 Å². The molecule has 1 aromatic heterocycles. The first-order chi connectivity index (χ1) is 11.5. The molecule has 5 nitrogen and oxygen atoms in total. The van der Waals surface area contributed by atoms with Crippen molar-refractivity contribution in [2.24, 2.45) is 0 Å². The number of halogens is 1. The molecule has 1 aliphatic heterocycles. The van der Waals surface area contributed by atoms with E-state index < -0.39 is 5.54 Å². The van der Waals surface area contributed by atoms with Gasteiger partial charge in [0.1, 0.15) is 11.4 Å². The third-order valence-electron chi connectivity index (χ3n) is 4.54. The monoisotopic (exact) mass is 328 g/mol. The molecule has 2 aromatic rings. The van der Waals surface area contributed by atoms with Gasteiger partial charge < -0.3 is 4.90 Å². The van der Waals surface area contributed by atoms with Crippen molar-refractivity contribution in [1.82, 2.24) is 19.8 Å². The fourth-order valence-corrected chi connectivity index (χ4v) is 3.42. The molecule has 1 unspecified atom stereocenters. The standard InChI is InChI=1S/C18H21FN4O/c1-22(2)17(24)18(16-12-20-9-10-21-16)8-3-11-23(18)13-14-4-6-15(19)7-5-14/h4-7,9-10,12H,3,8,11,13H2,1-2H3. The maximum absolute atomic E-state index is 13.2. The molecule has 6 heteroatoms. The van der Waals surface area contributed by atoms with Gasteiger partial charge in [-0.3, -0.25) is 19.7 Å². The molecule has 0 saturated carbocycles. The van der Waals surface area contributed by atoms with Crippen LogP contribution in [0.4, 0.5) is 4.39 Å². The minimum Gasteiger partial charge on any atom is -0.347 e. The molecule has 0 N–H and O–H groups in total. The Morgan fingerprint density at radius 2 is 2.04 bits per heavy atom. The number of carbonyl (C=O) groups excluding carboxylic acids is 1. The van der Waals surface area contributed by atoms with Gasteiger partial charge in [-0.25, -0.2) is 4.39 Å². The molecular weight excluding hydrogens is 307 g/mol. The SMILES string of the molecule is CN(C)C(=O)C1(c2cnccn2)CCCN1Cc1ccc(F)cc1. The summed E-state index contributed by atoms with van der Waals surface area (Å²) in [4.78, 5) is 25.4. The zero-order chi connectivity index (χ0) is 17.2. The second-order valence-electron chi connectivity index (χ2n) is 6.30. The van der Waals surface area contributed by atoms with Crippen molar-refractivity contribution in [3.05, 3.63) is 59.9 Å². The van der Waals surface area contributed by atoms with Crippen LogP contribution in [0.3, 0.4) is 0 Å². The second kappa shape index (κ2) is 6.65. The first-order valence-corrected chi connectivity index (χ1v) is 8.02. The van der Waals surface area contributed by atoms with Gasteiger partial charge in [0.25, 0.3) is 0 Å². The van der Waals surface area contributed by atoms with Gasteiger partial charge in [-0.15, -0.1) is 0 Å². The van der Waals surface area contributed by atoms with Crippen molar-refractivity contribution in [3.8, 4) is 0 Å². The molecule has 0 radical (unpaired) electrons. The number of amides is 1. The normalized spacial score (nSPS) is 21.0. The molecule has 0 aliphatic carbocycles. The number of hydrogen-bond acceptors (Lipinski definition) is 4. The molecule has 1 atom stereocenters. The number of nitrogens with zero attached hydrogens (tertiary/aromatic N) is 4. The van der Waals surface area contributed by atoms with E-state index in [1.165, 1.54) is 12.1 Å². The van der Waals surface area contributed by atoms with Crippen molar-refractivity contribution in [1.29, 1.82) is 0 Å². The van der Waals surface area contributed by atoms with Crippen molar-refractivity contribution >= 4 is 5.91 Å². The molecule has 0 spiro atoms. The van der Waals surface area contributed by atoms with Crippen LogP contribution in [-0.4, -0.2) is 46.3 Å². The minimum atomic E-state index is -0.813. The van der Waals surface area contributed by atoms with Crippen LogP contribution in [0.1, 0.15) is 24.1 Å². The molecule has 3 rings (SSSR count). The van der Waals surface area contributed by atoms with E-state index in [-0.39, 0.29) is 11.7 Å². The lowest BCUT2D eigenvalue weighted by atomic mass is 9.90. The number of likely N-dealkylation sites (N-methyl/N-ethyl adjacent to an activating group) is 1. The largest absolute Gasteiger partial charge is 0.347 e. The maximum Gasteiger partial charge on any atom is 0.248 e. The first kappa shape index (κ1) is 16.5. The molecule has 126 valence electrons. The number of hydrogen-bond donors (Lipinski definition) is 0. The highest BCUT2D eigenvalue weighted by Crippen LogP contribution is 2.40. The predicted octanol–water partition coefficient (Wildman–Crippen LogP) is 2.20. The number of aromatic nitrogens is 2. The minimum absolute atomic E-state index is 0.00242. The Balaban J connectivity index is 2.00. The van der Waals surface area contributed by atoms with Crippen LogP contribution in [0.15, 0.2) is 42.9 Å². The molecule has 2 heterocycles. The Morgan fingerprint density at radius 1 is 1.29 bits per heavy atom. The fourth-order valence-electron chi connectivity index (χ4n) is 3.42. The lowest BCUT2D eigenvalue weighted by Crippen LogP contribution is -2.52. The van der Waals surface area contributed by atoms with Crippen LogP contribution >= 0.6 is 0 Å². The summed E-state index contributed by atoms with van der Waals surface area (Å²) in [7, 11) is 3.52. The van der Waals surface area contributed by atoms with Crippen LogP contribution in [-0.2, 0) is 16.9 Å². The molecule has 1 aliphatic rings. The number of rotatable bonds is 4. The van der Waals surface area contributed by atoms with E-state index >= 15 is 0 Å². The van der Waals surface area contributed by atoms with Gasteiger partial charge in [0.15, 0.2) is 0 Å². The number of benzene rings is 1.